The monoisotopic (exact) mass is 222 g/mol. The molecule has 1 atom stereocenters. The summed E-state index contributed by atoms with van der Waals surface area (Å²) in [5, 5.41) is 0. The summed E-state index contributed by atoms with van der Waals surface area (Å²) in [6.07, 6.45) is 1.87. The van der Waals surface area contributed by atoms with Crippen molar-refractivity contribution in [3.63, 3.8) is 0 Å². The second kappa shape index (κ2) is 4.61. The number of hydrogen-bond acceptors (Lipinski definition) is 2. The number of piperidine rings is 1. The normalized spacial score (nSPS) is 20.9. The van der Waals surface area contributed by atoms with Crippen LogP contribution in [-0.4, -0.2) is 29.9 Å². The summed E-state index contributed by atoms with van der Waals surface area (Å²) in [5.41, 5.74) is 6.20. The summed E-state index contributed by atoms with van der Waals surface area (Å²) in [6.45, 7) is 1.28. The maximum absolute atomic E-state index is 13.0. The van der Waals surface area contributed by atoms with E-state index in [4.69, 9.17) is 5.73 Å². The summed E-state index contributed by atoms with van der Waals surface area (Å²) in [5.74, 6) is -0.512. The topological polar surface area (TPSA) is 46.3 Å². The minimum absolute atomic E-state index is 0.0475. The first-order valence-electron chi connectivity index (χ1n) is 5.47. The number of nitrogens with two attached hydrogens (primary N) is 1. The van der Waals surface area contributed by atoms with Gasteiger partial charge in [-0.25, -0.2) is 4.39 Å². The Morgan fingerprint density at radius 3 is 3.00 bits per heavy atom. The van der Waals surface area contributed by atoms with E-state index in [1.807, 2.05) is 0 Å². The van der Waals surface area contributed by atoms with E-state index < -0.39 is 0 Å². The van der Waals surface area contributed by atoms with Crippen molar-refractivity contribution in [2.45, 2.75) is 18.9 Å². The molecule has 86 valence electrons. The molecule has 2 rings (SSSR count). The Labute approximate surface area is 94.0 Å². The summed E-state index contributed by atoms with van der Waals surface area (Å²) in [6, 6.07) is 5.82. The second-order valence-corrected chi connectivity index (χ2v) is 4.16. The molecule has 0 saturated carbocycles. The Morgan fingerprint density at radius 2 is 2.31 bits per heavy atom. The number of nitrogens with zero attached hydrogens (tertiary/aromatic N) is 1. The molecule has 1 aromatic rings. The molecule has 3 nitrogen and oxygen atoms in total. The average molecular weight is 222 g/mol. The van der Waals surface area contributed by atoms with Gasteiger partial charge in [0.15, 0.2) is 0 Å². The molecule has 0 unspecified atom stereocenters. The van der Waals surface area contributed by atoms with E-state index in [9.17, 15) is 9.18 Å². The lowest BCUT2D eigenvalue weighted by atomic mass is 10.1. The van der Waals surface area contributed by atoms with Crippen molar-refractivity contribution in [3.8, 4) is 0 Å². The van der Waals surface area contributed by atoms with Gasteiger partial charge in [0.25, 0.3) is 5.91 Å². The molecule has 16 heavy (non-hydrogen) atoms. The standard InChI is InChI=1S/C12H15FN2O/c13-10-4-1-3-9(7-10)12(16)15-6-2-5-11(14)8-15/h1,3-4,7,11H,2,5-6,8,14H2/t11-/m1/s1. The van der Waals surface area contributed by atoms with Crippen molar-refractivity contribution in [3.05, 3.63) is 35.6 Å². The van der Waals surface area contributed by atoms with Crippen LogP contribution in [0.2, 0.25) is 0 Å². The number of carbonyl (C=O) groups excluding carboxylic acids is 1. The van der Waals surface area contributed by atoms with Gasteiger partial charge in [0, 0.05) is 24.7 Å². The van der Waals surface area contributed by atoms with Gasteiger partial charge in [0.05, 0.1) is 0 Å². The number of halogens is 1. The molecule has 1 heterocycles. The van der Waals surface area contributed by atoms with Gasteiger partial charge in [-0.15, -0.1) is 0 Å². The van der Waals surface area contributed by atoms with Crippen molar-refractivity contribution in [1.82, 2.24) is 4.90 Å². The smallest absolute Gasteiger partial charge is 0.254 e. The van der Waals surface area contributed by atoms with E-state index in [1.54, 1.807) is 17.0 Å². The van der Waals surface area contributed by atoms with Crippen LogP contribution in [0.4, 0.5) is 4.39 Å². The molecule has 0 aliphatic carbocycles. The molecule has 0 bridgehead atoms. The van der Waals surface area contributed by atoms with Crippen LogP contribution >= 0.6 is 0 Å². The molecular formula is C12H15FN2O. The Balaban J connectivity index is 2.12. The van der Waals surface area contributed by atoms with Gasteiger partial charge in [0.1, 0.15) is 5.82 Å². The van der Waals surface area contributed by atoms with Gasteiger partial charge in [-0.1, -0.05) is 6.07 Å². The predicted molar refractivity (Wildman–Crippen MR) is 59.5 cm³/mol. The molecule has 1 saturated heterocycles. The molecular weight excluding hydrogens is 207 g/mol. The Bertz CT molecular complexity index is 394. The fourth-order valence-electron chi connectivity index (χ4n) is 2.00. The minimum Gasteiger partial charge on any atom is -0.337 e. The quantitative estimate of drug-likeness (QED) is 0.780. The van der Waals surface area contributed by atoms with Gasteiger partial charge in [0.2, 0.25) is 0 Å². The highest BCUT2D eigenvalue weighted by molar-refractivity contribution is 5.94. The highest BCUT2D eigenvalue weighted by Crippen LogP contribution is 2.13. The third-order valence-electron chi connectivity index (χ3n) is 2.82. The van der Waals surface area contributed by atoms with Crippen LogP contribution in [0.15, 0.2) is 24.3 Å². The molecule has 4 heteroatoms. The van der Waals surface area contributed by atoms with Gasteiger partial charge >= 0.3 is 0 Å². The Kier molecular flexibility index (Phi) is 3.19. The number of hydrogen-bond donors (Lipinski definition) is 1. The molecule has 1 amide bonds. The fourth-order valence-corrected chi connectivity index (χ4v) is 2.00. The van der Waals surface area contributed by atoms with E-state index in [0.717, 1.165) is 12.8 Å². The van der Waals surface area contributed by atoms with Crippen LogP contribution in [-0.2, 0) is 0 Å². The van der Waals surface area contributed by atoms with E-state index >= 15 is 0 Å². The largest absolute Gasteiger partial charge is 0.337 e. The SMILES string of the molecule is N[C@@H]1CCCN(C(=O)c2cccc(F)c2)C1. The highest BCUT2D eigenvalue weighted by Gasteiger charge is 2.22. The van der Waals surface area contributed by atoms with Gasteiger partial charge in [-0.05, 0) is 31.0 Å². The predicted octanol–water partition coefficient (Wildman–Crippen LogP) is 1.39. The van der Waals surface area contributed by atoms with E-state index in [2.05, 4.69) is 0 Å². The molecule has 0 radical (unpaired) electrons. The van der Waals surface area contributed by atoms with Gasteiger partial charge < -0.3 is 10.6 Å². The van der Waals surface area contributed by atoms with Crippen LogP contribution in [0, 0.1) is 5.82 Å². The van der Waals surface area contributed by atoms with E-state index in [0.29, 0.717) is 18.7 Å². The van der Waals surface area contributed by atoms with Crippen LogP contribution in [0.25, 0.3) is 0 Å². The highest BCUT2D eigenvalue weighted by atomic mass is 19.1. The van der Waals surface area contributed by atoms with E-state index in [-0.39, 0.29) is 17.8 Å². The van der Waals surface area contributed by atoms with Gasteiger partial charge in [-0.2, -0.15) is 0 Å². The summed E-state index contributed by atoms with van der Waals surface area (Å²) in [4.78, 5) is 13.7. The number of likely N-dealkylation sites (tertiary alicyclic amines) is 1. The molecule has 0 aromatic heterocycles. The first-order chi connectivity index (χ1) is 7.66. The number of benzene rings is 1. The zero-order chi connectivity index (χ0) is 11.5. The zero-order valence-electron chi connectivity index (χ0n) is 9.03. The van der Waals surface area contributed by atoms with Crippen LogP contribution in [0.1, 0.15) is 23.2 Å². The van der Waals surface area contributed by atoms with Gasteiger partial charge in [-0.3, -0.25) is 4.79 Å². The first-order valence-corrected chi connectivity index (χ1v) is 5.47. The summed E-state index contributed by atoms with van der Waals surface area (Å²) >= 11 is 0. The first kappa shape index (κ1) is 11.1. The number of rotatable bonds is 1. The van der Waals surface area contributed by atoms with Crippen LogP contribution in [0.5, 0.6) is 0 Å². The summed E-state index contributed by atoms with van der Waals surface area (Å²) < 4.78 is 13.0. The molecule has 1 aliphatic rings. The van der Waals surface area contributed by atoms with Crippen molar-refractivity contribution >= 4 is 5.91 Å². The van der Waals surface area contributed by atoms with Crippen molar-refractivity contribution in [2.24, 2.45) is 5.73 Å². The fraction of sp³-hybridized carbons (Fsp3) is 0.417. The second-order valence-electron chi connectivity index (χ2n) is 4.16. The minimum atomic E-state index is -0.382. The van der Waals surface area contributed by atoms with Crippen molar-refractivity contribution in [1.29, 1.82) is 0 Å². The zero-order valence-corrected chi connectivity index (χ0v) is 9.03. The van der Waals surface area contributed by atoms with Crippen molar-refractivity contribution < 1.29 is 9.18 Å². The van der Waals surface area contributed by atoms with Crippen LogP contribution < -0.4 is 5.73 Å². The number of amides is 1. The number of carbonyl (C=O) groups is 1. The van der Waals surface area contributed by atoms with Crippen LogP contribution in [0.3, 0.4) is 0 Å². The molecule has 0 spiro atoms. The van der Waals surface area contributed by atoms with Crippen molar-refractivity contribution in [2.75, 3.05) is 13.1 Å². The lowest BCUT2D eigenvalue weighted by Crippen LogP contribution is -2.45. The molecule has 1 aliphatic heterocycles. The Hall–Kier alpha value is -1.42. The third kappa shape index (κ3) is 2.39. The molecule has 1 aromatic carbocycles. The Morgan fingerprint density at radius 1 is 1.50 bits per heavy atom. The third-order valence-corrected chi connectivity index (χ3v) is 2.82. The maximum Gasteiger partial charge on any atom is 0.254 e. The molecule has 2 N–H and O–H groups in total. The molecule has 1 fully saturated rings. The average Bonchev–Trinajstić information content (AvgIpc) is 2.28. The maximum atomic E-state index is 13.0. The lowest BCUT2D eigenvalue weighted by molar-refractivity contribution is 0.0708. The summed E-state index contributed by atoms with van der Waals surface area (Å²) in [7, 11) is 0. The lowest BCUT2D eigenvalue weighted by Gasteiger charge is -2.30. The van der Waals surface area contributed by atoms with E-state index in [1.165, 1.54) is 12.1 Å².